The second kappa shape index (κ2) is 5.96. The van der Waals surface area contributed by atoms with Gasteiger partial charge in [0.25, 0.3) is 0 Å². The summed E-state index contributed by atoms with van der Waals surface area (Å²) in [4.78, 5) is 12.6. The predicted molar refractivity (Wildman–Crippen MR) is 79.1 cm³/mol. The maximum absolute atomic E-state index is 10.6. The fourth-order valence-electron chi connectivity index (χ4n) is 1.73. The fourth-order valence-corrected chi connectivity index (χ4v) is 2.36. The van der Waals surface area contributed by atoms with Gasteiger partial charge in [0, 0.05) is 32.4 Å². The number of hydrogen-bond acceptors (Lipinski definition) is 5. The van der Waals surface area contributed by atoms with Gasteiger partial charge in [-0.15, -0.1) is 10.2 Å². The number of aliphatic carboxylic acids is 1. The molecule has 0 fully saturated rings. The Balaban J connectivity index is 2.22. The van der Waals surface area contributed by atoms with Crippen LogP contribution >= 0.6 is 11.8 Å². The van der Waals surface area contributed by atoms with Crippen LogP contribution in [0.25, 0.3) is 11.4 Å². The van der Waals surface area contributed by atoms with Crippen LogP contribution in [0.1, 0.15) is 0 Å². The lowest BCUT2D eigenvalue weighted by Gasteiger charge is -2.12. The fraction of sp³-hybridized carbons (Fsp3) is 0.308. The molecular weight excluding hydrogens is 276 g/mol. The molecule has 20 heavy (non-hydrogen) atoms. The van der Waals surface area contributed by atoms with E-state index in [1.54, 1.807) is 4.57 Å². The van der Waals surface area contributed by atoms with Gasteiger partial charge in [0.05, 0.1) is 5.75 Å². The van der Waals surface area contributed by atoms with E-state index in [4.69, 9.17) is 5.11 Å². The molecule has 1 aromatic carbocycles. The summed E-state index contributed by atoms with van der Waals surface area (Å²) >= 11 is 1.16. The first kappa shape index (κ1) is 14.4. The van der Waals surface area contributed by atoms with E-state index in [1.165, 1.54) is 0 Å². The van der Waals surface area contributed by atoms with Crippen LogP contribution in [0.3, 0.4) is 0 Å². The third kappa shape index (κ3) is 3.11. The van der Waals surface area contributed by atoms with E-state index in [-0.39, 0.29) is 5.75 Å². The number of carbonyl (C=O) groups is 1. The van der Waals surface area contributed by atoms with Crippen molar-refractivity contribution in [1.82, 2.24) is 14.8 Å². The van der Waals surface area contributed by atoms with E-state index in [1.807, 2.05) is 50.3 Å². The number of benzene rings is 1. The molecule has 1 heterocycles. The van der Waals surface area contributed by atoms with Gasteiger partial charge in [0.15, 0.2) is 11.0 Å². The summed E-state index contributed by atoms with van der Waals surface area (Å²) in [6.07, 6.45) is 0. The SMILES string of the molecule is CN(C)c1ccc(-c2nnc(SCC(=O)O)n2C)cc1. The summed E-state index contributed by atoms with van der Waals surface area (Å²) < 4.78 is 1.80. The first-order valence-corrected chi connectivity index (χ1v) is 6.99. The van der Waals surface area contributed by atoms with Crippen molar-refractivity contribution in [3.8, 4) is 11.4 Å². The molecule has 0 radical (unpaired) electrons. The number of anilines is 1. The largest absolute Gasteiger partial charge is 0.481 e. The van der Waals surface area contributed by atoms with Crippen LogP contribution in [0.15, 0.2) is 29.4 Å². The minimum absolute atomic E-state index is 0.0223. The quantitative estimate of drug-likeness (QED) is 0.846. The zero-order valence-electron chi connectivity index (χ0n) is 11.6. The Labute approximate surface area is 121 Å². The van der Waals surface area contributed by atoms with Crippen molar-refractivity contribution in [2.45, 2.75) is 5.16 Å². The van der Waals surface area contributed by atoms with Gasteiger partial charge in [-0.3, -0.25) is 4.79 Å². The Kier molecular flexibility index (Phi) is 4.29. The van der Waals surface area contributed by atoms with Crippen LogP contribution in [0, 0.1) is 0 Å². The molecule has 0 aliphatic rings. The Morgan fingerprint density at radius 3 is 2.50 bits per heavy atom. The zero-order valence-corrected chi connectivity index (χ0v) is 12.4. The van der Waals surface area contributed by atoms with Crippen molar-refractivity contribution < 1.29 is 9.90 Å². The first-order valence-electron chi connectivity index (χ1n) is 6.01. The van der Waals surface area contributed by atoms with Crippen LogP contribution in [0.2, 0.25) is 0 Å². The highest BCUT2D eigenvalue weighted by Gasteiger charge is 2.12. The van der Waals surface area contributed by atoms with Gasteiger partial charge in [-0.05, 0) is 24.3 Å². The van der Waals surface area contributed by atoms with Crippen molar-refractivity contribution in [2.75, 3.05) is 24.7 Å². The van der Waals surface area contributed by atoms with Crippen molar-refractivity contribution in [3.63, 3.8) is 0 Å². The van der Waals surface area contributed by atoms with Gasteiger partial charge in [-0.1, -0.05) is 11.8 Å². The Bertz CT molecular complexity index is 607. The molecule has 106 valence electrons. The summed E-state index contributed by atoms with van der Waals surface area (Å²) in [6, 6.07) is 7.97. The standard InChI is InChI=1S/C13H16N4O2S/c1-16(2)10-6-4-9(5-7-10)12-14-15-13(17(12)3)20-8-11(18)19/h4-7H,8H2,1-3H3,(H,18,19). The summed E-state index contributed by atoms with van der Waals surface area (Å²) in [5, 5.41) is 17.4. The molecule has 0 saturated heterocycles. The van der Waals surface area contributed by atoms with Crippen molar-refractivity contribution in [1.29, 1.82) is 0 Å². The number of aromatic nitrogens is 3. The van der Waals surface area contributed by atoms with E-state index in [2.05, 4.69) is 10.2 Å². The molecule has 0 bridgehead atoms. The highest BCUT2D eigenvalue weighted by atomic mass is 32.2. The monoisotopic (exact) mass is 292 g/mol. The average Bonchev–Trinajstić information content (AvgIpc) is 2.78. The molecule has 0 spiro atoms. The topological polar surface area (TPSA) is 71.2 Å². The van der Waals surface area contributed by atoms with Gasteiger partial charge >= 0.3 is 5.97 Å². The van der Waals surface area contributed by atoms with Crippen LogP contribution < -0.4 is 4.90 Å². The molecule has 0 atom stereocenters. The summed E-state index contributed by atoms with van der Waals surface area (Å²) in [5.74, 6) is -0.163. The lowest BCUT2D eigenvalue weighted by atomic mass is 10.2. The number of carboxylic acid groups (broad SMARTS) is 1. The van der Waals surface area contributed by atoms with E-state index in [9.17, 15) is 4.79 Å². The van der Waals surface area contributed by atoms with Crippen LogP contribution in [-0.2, 0) is 11.8 Å². The smallest absolute Gasteiger partial charge is 0.313 e. The van der Waals surface area contributed by atoms with E-state index >= 15 is 0 Å². The number of thioether (sulfide) groups is 1. The van der Waals surface area contributed by atoms with Gasteiger partial charge in [0.2, 0.25) is 0 Å². The number of hydrogen-bond donors (Lipinski definition) is 1. The van der Waals surface area contributed by atoms with E-state index < -0.39 is 5.97 Å². The number of carboxylic acids is 1. The van der Waals surface area contributed by atoms with Gasteiger partial charge in [-0.25, -0.2) is 0 Å². The molecule has 0 aliphatic heterocycles. The molecule has 0 aliphatic carbocycles. The number of nitrogens with zero attached hydrogens (tertiary/aromatic N) is 4. The molecule has 6 nitrogen and oxygen atoms in total. The third-order valence-electron chi connectivity index (χ3n) is 2.80. The second-order valence-electron chi connectivity index (χ2n) is 4.49. The van der Waals surface area contributed by atoms with Gasteiger partial charge in [-0.2, -0.15) is 0 Å². The minimum atomic E-state index is -0.866. The average molecular weight is 292 g/mol. The molecule has 1 N–H and O–H groups in total. The molecule has 2 rings (SSSR count). The molecule has 2 aromatic rings. The first-order chi connectivity index (χ1) is 9.49. The molecule has 0 amide bonds. The van der Waals surface area contributed by atoms with Crippen molar-refractivity contribution in [3.05, 3.63) is 24.3 Å². The lowest BCUT2D eigenvalue weighted by molar-refractivity contribution is -0.133. The van der Waals surface area contributed by atoms with E-state index in [0.717, 1.165) is 28.8 Å². The highest BCUT2D eigenvalue weighted by Crippen LogP contribution is 2.24. The van der Waals surface area contributed by atoms with E-state index in [0.29, 0.717) is 5.16 Å². The minimum Gasteiger partial charge on any atom is -0.481 e. The number of rotatable bonds is 5. The summed E-state index contributed by atoms with van der Waals surface area (Å²) in [6.45, 7) is 0. The predicted octanol–water partition coefficient (Wildman–Crippen LogP) is 1.72. The van der Waals surface area contributed by atoms with Crippen LogP contribution in [-0.4, -0.2) is 45.7 Å². The third-order valence-corrected chi connectivity index (χ3v) is 3.81. The zero-order chi connectivity index (χ0) is 14.7. The summed E-state index contributed by atoms with van der Waals surface area (Å²) in [7, 11) is 5.80. The van der Waals surface area contributed by atoms with Crippen LogP contribution in [0.4, 0.5) is 5.69 Å². The molecule has 0 unspecified atom stereocenters. The second-order valence-corrected chi connectivity index (χ2v) is 5.43. The lowest BCUT2D eigenvalue weighted by Crippen LogP contribution is -2.08. The maximum atomic E-state index is 10.6. The molecule has 0 saturated carbocycles. The molecular formula is C13H16N4O2S. The Morgan fingerprint density at radius 1 is 1.30 bits per heavy atom. The van der Waals surface area contributed by atoms with Crippen molar-refractivity contribution in [2.24, 2.45) is 7.05 Å². The van der Waals surface area contributed by atoms with Gasteiger partial charge in [0.1, 0.15) is 0 Å². The van der Waals surface area contributed by atoms with Crippen molar-refractivity contribution >= 4 is 23.4 Å². The maximum Gasteiger partial charge on any atom is 0.313 e. The summed E-state index contributed by atoms with van der Waals surface area (Å²) in [5.41, 5.74) is 2.06. The van der Waals surface area contributed by atoms with Crippen LogP contribution in [0.5, 0.6) is 0 Å². The Morgan fingerprint density at radius 2 is 1.95 bits per heavy atom. The Hall–Kier alpha value is -2.02. The van der Waals surface area contributed by atoms with Gasteiger partial charge < -0.3 is 14.6 Å². The highest BCUT2D eigenvalue weighted by molar-refractivity contribution is 7.99. The molecule has 1 aromatic heterocycles. The molecule has 7 heteroatoms. The normalized spacial score (nSPS) is 10.6.